The van der Waals surface area contributed by atoms with Crippen LogP contribution in [0.1, 0.15) is 44.2 Å². The lowest BCUT2D eigenvalue weighted by atomic mass is 9.63. The zero-order chi connectivity index (χ0) is 22.7. The van der Waals surface area contributed by atoms with Gasteiger partial charge in [-0.15, -0.1) is 0 Å². The third kappa shape index (κ3) is 4.36. The first-order chi connectivity index (χ1) is 15.5. The summed E-state index contributed by atoms with van der Waals surface area (Å²) in [6, 6.07) is 0.284. The number of ether oxygens (including phenoxy) is 2. The molecule has 0 spiro atoms. The fourth-order valence-corrected chi connectivity index (χ4v) is 5.10. The molecule has 32 heavy (non-hydrogen) atoms. The zero-order valence-corrected chi connectivity index (χ0v) is 19.5. The molecule has 9 nitrogen and oxygen atoms in total. The molecule has 1 saturated carbocycles. The van der Waals surface area contributed by atoms with Crippen molar-refractivity contribution in [2.24, 2.45) is 11.8 Å². The van der Waals surface area contributed by atoms with Crippen LogP contribution < -0.4 is 14.4 Å². The summed E-state index contributed by atoms with van der Waals surface area (Å²) in [4.78, 5) is 22.0. The molecule has 2 atom stereocenters. The van der Waals surface area contributed by atoms with E-state index in [0.717, 1.165) is 44.5 Å². The summed E-state index contributed by atoms with van der Waals surface area (Å²) in [7, 11) is 3.87. The van der Waals surface area contributed by atoms with Crippen molar-refractivity contribution < 1.29 is 14.6 Å². The lowest BCUT2D eigenvalue weighted by Crippen LogP contribution is -2.58. The second kappa shape index (κ2) is 9.54. The number of likely N-dealkylation sites (tertiary alicyclic amines) is 1. The molecule has 1 aliphatic carbocycles. The van der Waals surface area contributed by atoms with Crippen molar-refractivity contribution in [3.8, 4) is 11.9 Å². The molecule has 4 rings (SSSR count). The number of fused-ring (bicyclic) bond motifs is 2. The molecule has 2 aliphatic rings. The molecular formula is C23H34N6O3. The van der Waals surface area contributed by atoms with Crippen LogP contribution >= 0.6 is 0 Å². The lowest BCUT2D eigenvalue weighted by Gasteiger charge is -2.53. The lowest BCUT2D eigenvalue weighted by molar-refractivity contribution is -0.150. The van der Waals surface area contributed by atoms with E-state index in [-0.39, 0.29) is 17.8 Å². The molecule has 3 heterocycles. The average Bonchev–Trinajstić information content (AvgIpc) is 2.75. The minimum Gasteiger partial charge on any atom is -0.478 e. The molecular weight excluding hydrogens is 408 g/mol. The molecule has 9 heteroatoms. The van der Waals surface area contributed by atoms with E-state index in [2.05, 4.69) is 24.8 Å². The van der Waals surface area contributed by atoms with Gasteiger partial charge in [-0.3, -0.25) is 4.90 Å². The summed E-state index contributed by atoms with van der Waals surface area (Å²) in [5, 5.41) is 12.1. The zero-order valence-electron chi connectivity index (χ0n) is 19.5. The van der Waals surface area contributed by atoms with Crippen LogP contribution in [0.5, 0.6) is 11.9 Å². The van der Waals surface area contributed by atoms with Gasteiger partial charge in [-0.1, -0.05) is 6.42 Å². The van der Waals surface area contributed by atoms with E-state index in [0.29, 0.717) is 30.6 Å². The quantitative estimate of drug-likeness (QED) is 0.660. The molecule has 2 fully saturated rings. The maximum atomic E-state index is 12.1. The van der Waals surface area contributed by atoms with Gasteiger partial charge >= 0.3 is 6.01 Å². The smallest absolute Gasteiger partial charge is 0.319 e. The minimum atomic E-state index is -1.00. The Morgan fingerprint density at radius 1 is 1.03 bits per heavy atom. The van der Waals surface area contributed by atoms with Gasteiger partial charge in [0.25, 0.3) is 0 Å². The third-order valence-corrected chi connectivity index (χ3v) is 6.52. The van der Waals surface area contributed by atoms with Crippen molar-refractivity contribution in [2.75, 3.05) is 45.3 Å². The van der Waals surface area contributed by atoms with Crippen molar-refractivity contribution in [3.63, 3.8) is 0 Å². The molecule has 2 aromatic rings. The number of piperidine rings is 1. The summed E-state index contributed by atoms with van der Waals surface area (Å²) in [6.07, 6.45) is 8.53. The molecule has 0 unspecified atom stereocenters. The molecule has 2 bridgehead atoms. The fraction of sp³-hybridized carbons (Fsp3) is 0.652. The highest BCUT2D eigenvalue weighted by molar-refractivity contribution is 5.34. The first kappa shape index (κ1) is 22.7. The molecule has 2 aromatic heterocycles. The predicted octanol–water partition coefficient (Wildman–Crippen LogP) is 2.25. The number of hydrogen-bond acceptors (Lipinski definition) is 9. The standard InChI is InChI=1S/C23H34N6O3/c1-5-31-20-19(12-26-22(27-20)32-6-2)23(30)17-8-7-9-18(23)15-29(14-17)13-16-10-24-21(25-11-16)28(3)4/h10-12,17-18,30H,5-9,13-15H2,1-4H3/t17-,18-/m0/s1. The molecule has 0 aromatic carbocycles. The van der Waals surface area contributed by atoms with Gasteiger partial charge in [0.05, 0.1) is 18.8 Å². The third-order valence-electron chi connectivity index (χ3n) is 6.52. The first-order valence-corrected chi connectivity index (χ1v) is 11.5. The van der Waals surface area contributed by atoms with Gasteiger partial charge in [-0.2, -0.15) is 4.98 Å². The Morgan fingerprint density at radius 3 is 2.28 bits per heavy atom. The molecule has 1 aliphatic heterocycles. The molecule has 1 N–H and O–H groups in total. The van der Waals surface area contributed by atoms with E-state index in [1.54, 1.807) is 6.20 Å². The van der Waals surface area contributed by atoms with Crippen molar-refractivity contribution in [1.82, 2.24) is 24.8 Å². The van der Waals surface area contributed by atoms with Crippen LogP contribution in [-0.4, -0.2) is 70.3 Å². The van der Waals surface area contributed by atoms with Crippen LogP contribution in [-0.2, 0) is 12.1 Å². The van der Waals surface area contributed by atoms with E-state index < -0.39 is 5.60 Å². The normalized spacial score (nSPS) is 25.4. The van der Waals surface area contributed by atoms with Crippen LogP contribution in [0.15, 0.2) is 18.6 Å². The highest BCUT2D eigenvalue weighted by Gasteiger charge is 2.53. The van der Waals surface area contributed by atoms with E-state index in [1.165, 1.54) is 0 Å². The van der Waals surface area contributed by atoms with Crippen molar-refractivity contribution in [2.45, 2.75) is 45.3 Å². The number of anilines is 1. The first-order valence-electron chi connectivity index (χ1n) is 11.5. The van der Waals surface area contributed by atoms with Gasteiger partial charge in [-0.25, -0.2) is 15.0 Å². The van der Waals surface area contributed by atoms with E-state index in [1.807, 2.05) is 45.2 Å². The maximum absolute atomic E-state index is 12.1. The second-order valence-corrected chi connectivity index (χ2v) is 8.87. The number of rotatable bonds is 8. The van der Waals surface area contributed by atoms with E-state index in [4.69, 9.17) is 9.47 Å². The average molecular weight is 443 g/mol. The van der Waals surface area contributed by atoms with Crippen molar-refractivity contribution in [1.29, 1.82) is 0 Å². The highest BCUT2D eigenvalue weighted by atomic mass is 16.5. The summed E-state index contributed by atoms with van der Waals surface area (Å²) in [6.45, 7) is 7.12. The van der Waals surface area contributed by atoms with Gasteiger partial charge in [-0.05, 0) is 26.7 Å². The SMILES string of the molecule is CCOc1ncc(C2(O)[C@H]3CCC[C@H]2CN(Cc2cnc(N(C)C)nc2)C3)c(OCC)n1. The molecule has 0 radical (unpaired) electrons. The predicted molar refractivity (Wildman–Crippen MR) is 121 cm³/mol. The van der Waals surface area contributed by atoms with Gasteiger partial charge in [0, 0.05) is 69.7 Å². The number of nitrogens with zero attached hydrogens (tertiary/aromatic N) is 6. The molecule has 1 saturated heterocycles. The Labute approximate surface area is 189 Å². The van der Waals surface area contributed by atoms with Gasteiger partial charge < -0.3 is 19.5 Å². The summed E-state index contributed by atoms with van der Waals surface area (Å²) >= 11 is 0. The summed E-state index contributed by atoms with van der Waals surface area (Å²) < 4.78 is 11.3. The Hall–Kier alpha value is -2.52. The highest BCUT2D eigenvalue weighted by Crippen LogP contribution is 2.51. The van der Waals surface area contributed by atoms with Crippen molar-refractivity contribution in [3.05, 3.63) is 29.7 Å². The topological polar surface area (TPSA) is 96.7 Å². The fourth-order valence-electron chi connectivity index (χ4n) is 5.10. The minimum absolute atomic E-state index is 0.0812. The van der Waals surface area contributed by atoms with Crippen LogP contribution in [0.2, 0.25) is 0 Å². The Bertz CT molecular complexity index is 893. The van der Waals surface area contributed by atoms with E-state index in [9.17, 15) is 5.11 Å². The van der Waals surface area contributed by atoms with Crippen LogP contribution in [0.25, 0.3) is 0 Å². The summed E-state index contributed by atoms with van der Waals surface area (Å²) in [5.41, 5.74) is 0.768. The monoisotopic (exact) mass is 442 g/mol. The van der Waals surface area contributed by atoms with Crippen LogP contribution in [0, 0.1) is 11.8 Å². The van der Waals surface area contributed by atoms with Crippen molar-refractivity contribution >= 4 is 5.95 Å². The summed E-state index contributed by atoms with van der Waals surface area (Å²) in [5.74, 6) is 1.31. The number of aliphatic hydroxyl groups is 1. The molecule has 0 amide bonds. The van der Waals surface area contributed by atoms with E-state index >= 15 is 0 Å². The largest absolute Gasteiger partial charge is 0.478 e. The second-order valence-electron chi connectivity index (χ2n) is 8.87. The Morgan fingerprint density at radius 2 is 1.69 bits per heavy atom. The number of aromatic nitrogens is 4. The Balaban J connectivity index is 1.57. The molecule has 174 valence electrons. The van der Waals surface area contributed by atoms with Gasteiger partial charge in [0.1, 0.15) is 5.60 Å². The van der Waals surface area contributed by atoms with Crippen LogP contribution in [0.3, 0.4) is 0 Å². The van der Waals surface area contributed by atoms with Gasteiger partial charge in [0.2, 0.25) is 11.8 Å². The van der Waals surface area contributed by atoms with Crippen LogP contribution in [0.4, 0.5) is 5.95 Å². The maximum Gasteiger partial charge on any atom is 0.319 e. The van der Waals surface area contributed by atoms with Gasteiger partial charge in [0.15, 0.2) is 0 Å². The number of hydrogen-bond donors (Lipinski definition) is 1. The Kier molecular flexibility index (Phi) is 6.76.